The summed E-state index contributed by atoms with van der Waals surface area (Å²) in [5.74, 6) is -0.952. The Hall–Kier alpha value is 0.118. The van der Waals surface area contributed by atoms with Crippen LogP contribution in [0.25, 0.3) is 0 Å². The summed E-state index contributed by atoms with van der Waals surface area (Å²) in [4.78, 5) is 0.0906. The maximum atomic E-state index is 13.2. The first kappa shape index (κ1) is 14.1. The van der Waals surface area contributed by atoms with Gasteiger partial charge in [-0.2, -0.15) is 6.42 Å². The zero-order valence-corrected chi connectivity index (χ0v) is 11.6. The van der Waals surface area contributed by atoms with E-state index in [-0.39, 0.29) is 26.0 Å². The van der Waals surface area contributed by atoms with E-state index in [1.165, 1.54) is 12.1 Å². The second-order valence-corrected chi connectivity index (χ2v) is 3.51. The number of aryl methyl sites for hydroxylation is 1. The maximum Gasteiger partial charge on any atom is 0.139 e. The molecule has 0 fully saturated rings. The molecule has 0 aliphatic heterocycles. The summed E-state index contributed by atoms with van der Waals surface area (Å²) >= 11 is 1.08. The van der Waals surface area contributed by atoms with E-state index in [4.69, 9.17) is 0 Å². The van der Waals surface area contributed by atoms with E-state index >= 15 is 0 Å². The molecule has 0 amide bonds. The van der Waals surface area contributed by atoms with Gasteiger partial charge in [0.2, 0.25) is 0 Å². The fraction of sp³-hybridized carbons (Fsp3) is 0.300. The zero-order chi connectivity index (χ0) is 9.84. The third kappa shape index (κ3) is 3.36. The molecule has 0 N–H and O–H groups in total. The van der Waals surface area contributed by atoms with E-state index < -0.39 is 11.6 Å². The minimum Gasteiger partial charge on any atom is -0.343 e. The van der Waals surface area contributed by atoms with Crippen LogP contribution < -0.4 is 0 Å². The van der Waals surface area contributed by atoms with Crippen molar-refractivity contribution in [1.29, 1.82) is 0 Å². The van der Waals surface area contributed by atoms with Crippen LogP contribution >= 0.6 is 11.8 Å². The van der Waals surface area contributed by atoms with Crippen molar-refractivity contribution in [3.63, 3.8) is 0 Å². The van der Waals surface area contributed by atoms with Crippen LogP contribution in [0, 0.1) is 18.6 Å². The minimum absolute atomic E-state index is 0. The van der Waals surface area contributed by atoms with Crippen molar-refractivity contribution in [2.45, 2.75) is 17.7 Å². The molecule has 14 heavy (non-hydrogen) atoms. The molecule has 0 atom stereocenters. The van der Waals surface area contributed by atoms with E-state index in [9.17, 15) is 8.78 Å². The molecule has 0 heterocycles. The van der Waals surface area contributed by atoms with Gasteiger partial charge >= 0.3 is 0 Å². The van der Waals surface area contributed by atoms with Crippen molar-refractivity contribution < 1.29 is 29.8 Å². The summed E-state index contributed by atoms with van der Waals surface area (Å²) in [6.07, 6.45) is 2.92. The van der Waals surface area contributed by atoms with Crippen LogP contribution in [0.3, 0.4) is 0 Å². The van der Waals surface area contributed by atoms with Crippen molar-refractivity contribution in [1.82, 2.24) is 0 Å². The molecule has 0 saturated heterocycles. The van der Waals surface area contributed by atoms with Crippen LogP contribution in [0.4, 0.5) is 8.78 Å². The number of halogens is 2. The van der Waals surface area contributed by atoms with Gasteiger partial charge in [-0.1, -0.05) is 6.42 Å². The van der Waals surface area contributed by atoms with E-state index in [2.05, 4.69) is 6.92 Å². The van der Waals surface area contributed by atoms with Crippen molar-refractivity contribution in [3.05, 3.63) is 36.3 Å². The maximum absolute atomic E-state index is 13.2. The third-order valence-electron chi connectivity index (χ3n) is 1.73. The van der Waals surface area contributed by atoms with Crippen molar-refractivity contribution in [3.8, 4) is 0 Å². The number of hydrogen-bond donors (Lipinski definition) is 0. The van der Waals surface area contributed by atoms with Crippen LogP contribution in [-0.2, 0) is 27.5 Å². The van der Waals surface area contributed by atoms with E-state index in [0.29, 0.717) is 18.4 Å². The molecule has 0 nitrogen and oxygen atoms in total. The van der Waals surface area contributed by atoms with Crippen LogP contribution in [0.2, 0.25) is 0 Å². The third-order valence-corrected chi connectivity index (χ3v) is 2.53. The Bertz CT molecular complexity index is 279. The Morgan fingerprint density at radius 2 is 1.79 bits per heavy atom. The molecule has 1 aromatic rings. The van der Waals surface area contributed by atoms with Gasteiger partial charge in [-0.15, -0.1) is 11.8 Å². The van der Waals surface area contributed by atoms with E-state index in [0.717, 1.165) is 11.8 Å². The van der Waals surface area contributed by atoms with Crippen LogP contribution in [0.15, 0.2) is 17.0 Å². The molecule has 78 valence electrons. The fourth-order valence-corrected chi connectivity index (χ4v) is 1.66. The average molecular weight is 385 g/mol. The van der Waals surface area contributed by atoms with Crippen molar-refractivity contribution in [2.24, 2.45) is 0 Å². The predicted octanol–water partition coefficient (Wildman–Crippen LogP) is 3.45. The van der Waals surface area contributed by atoms with Gasteiger partial charge in [-0.3, -0.25) is 0 Å². The summed E-state index contributed by atoms with van der Waals surface area (Å²) in [5, 5.41) is 0. The Kier molecular flexibility index (Phi) is 6.63. The molecule has 0 radical (unpaired) electrons. The first-order valence-corrected chi connectivity index (χ1v) is 5.22. The van der Waals surface area contributed by atoms with Crippen LogP contribution in [0.5, 0.6) is 0 Å². The van der Waals surface area contributed by atoms with Crippen molar-refractivity contribution >= 4 is 11.8 Å². The quantitative estimate of drug-likeness (QED) is 0.568. The Balaban J connectivity index is 0.00000169. The zero-order valence-electron chi connectivity index (χ0n) is 7.85. The first-order valence-electron chi connectivity index (χ1n) is 4.00. The number of benzene rings is 1. The minimum atomic E-state index is -0.476. The van der Waals surface area contributed by atoms with Gasteiger partial charge in [0.05, 0.1) is 4.90 Å². The average Bonchev–Trinajstić information content (AvgIpc) is 2.04. The van der Waals surface area contributed by atoms with Crippen molar-refractivity contribution in [2.75, 3.05) is 6.26 Å². The second kappa shape index (κ2) is 6.57. The van der Waals surface area contributed by atoms with Gasteiger partial charge in [-0.25, -0.2) is 8.78 Å². The molecule has 0 saturated carbocycles. The SMILES string of the molecule is [CH2-]CCc1cc(F)c(SC)c(F)c1.[W]. The molecule has 4 heteroatoms. The van der Waals surface area contributed by atoms with E-state index in [1.54, 1.807) is 6.26 Å². The molecule has 0 spiro atoms. The number of rotatable bonds is 3. The molecule has 0 aliphatic rings. The molecular weight excluding hydrogens is 374 g/mol. The molecule has 0 aromatic heterocycles. The summed E-state index contributed by atoms with van der Waals surface area (Å²) in [6.45, 7) is 3.63. The van der Waals surface area contributed by atoms with Gasteiger partial charge in [0, 0.05) is 21.1 Å². The van der Waals surface area contributed by atoms with Gasteiger partial charge in [0.1, 0.15) is 11.6 Å². The molecular formula is C10H11F2SW-. The standard InChI is InChI=1S/C10H11F2S.W/c1-3-4-7-5-8(11)10(13-2)9(12)6-7;/h5-6H,1,3-4H2,2H3;/q-1;. The van der Waals surface area contributed by atoms with Crippen LogP contribution in [0.1, 0.15) is 12.0 Å². The van der Waals surface area contributed by atoms with Crippen LogP contribution in [-0.4, -0.2) is 6.26 Å². The molecule has 1 aromatic carbocycles. The topological polar surface area (TPSA) is 0 Å². The largest absolute Gasteiger partial charge is 0.343 e. The normalized spacial score (nSPS) is 9.71. The summed E-state index contributed by atoms with van der Waals surface area (Å²) in [6, 6.07) is 2.75. The Labute approximate surface area is 102 Å². The Morgan fingerprint density at radius 1 is 1.29 bits per heavy atom. The fourth-order valence-electron chi connectivity index (χ4n) is 1.16. The monoisotopic (exact) mass is 385 g/mol. The van der Waals surface area contributed by atoms with E-state index in [1.807, 2.05) is 0 Å². The summed E-state index contributed by atoms with van der Waals surface area (Å²) in [5.41, 5.74) is 0.669. The molecule has 0 bridgehead atoms. The number of hydrogen-bond acceptors (Lipinski definition) is 1. The predicted molar refractivity (Wildman–Crippen MR) is 51.8 cm³/mol. The van der Waals surface area contributed by atoms with Gasteiger partial charge in [0.15, 0.2) is 0 Å². The molecule has 1 rings (SSSR count). The molecule has 0 unspecified atom stereocenters. The summed E-state index contributed by atoms with van der Waals surface area (Å²) in [7, 11) is 0. The van der Waals surface area contributed by atoms with Gasteiger partial charge in [0.25, 0.3) is 0 Å². The van der Waals surface area contributed by atoms with Gasteiger partial charge < -0.3 is 6.92 Å². The number of thioether (sulfide) groups is 1. The molecule has 0 aliphatic carbocycles. The Morgan fingerprint density at radius 3 is 2.14 bits per heavy atom. The summed E-state index contributed by atoms with van der Waals surface area (Å²) < 4.78 is 26.3. The smallest absolute Gasteiger partial charge is 0.139 e. The first-order chi connectivity index (χ1) is 6.19. The second-order valence-electron chi connectivity index (χ2n) is 2.70. The van der Waals surface area contributed by atoms with Gasteiger partial charge in [-0.05, 0) is 24.0 Å².